The Morgan fingerprint density at radius 2 is 1.27 bits per heavy atom. The SMILES string of the molecule is C1=C(/[C@@H]2CCc3ccccc3-c3cc4c5ccc6ccccc6c5n5c6ccccc6c(c32)c45)c2c(sc3ccccc23)/N=C(/c2ccc(-c3ccccc3)cc2)CC/1. The average Bonchev–Trinajstić information content (AvgIpc) is 3.90. The molecule has 1 aliphatic carbocycles. The van der Waals surface area contributed by atoms with E-state index in [1.54, 1.807) is 0 Å². The van der Waals surface area contributed by atoms with Gasteiger partial charge in [0.1, 0.15) is 5.00 Å². The lowest BCUT2D eigenvalue weighted by Crippen LogP contribution is -2.07. The third-order valence-corrected chi connectivity index (χ3v) is 14.4. The first-order valence-electron chi connectivity index (χ1n) is 20.9. The van der Waals surface area contributed by atoms with Crippen molar-refractivity contribution in [3.05, 3.63) is 198 Å². The van der Waals surface area contributed by atoms with Crippen LogP contribution in [-0.2, 0) is 6.42 Å². The van der Waals surface area contributed by atoms with Gasteiger partial charge in [0.05, 0.1) is 16.6 Å². The maximum atomic E-state index is 5.66. The largest absolute Gasteiger partial charge is 0.307 e. The van der Waals surface area contributed by atoms with Gasteiger partial charge in [0.2, 0.25) is 0 Å². The fourth-order valence-electron chi connectivity index (χ4n) is 10.7. The standard InChI is InChI=1S/C56H38N2S/c1-2-13-34(14-3-1)35-25-27-38(28-26-35)48-22-12-21-41(52-45-20-9-11-24-50(45)59-56(52)57-48)42-31-29-36-15-4-6-17-39(36)46-33-47-43-32-30-37-16-5-7-18-40(37)54(43)58-49-23-10-8-19-44(49)53(51(42)46)55(47)58/h1-11,13-21,23-28,30,32-33,42H,12,22,29,31H2/b41-21-,57-48+/t42-/m0/s1. The number of thiophene rings is 1. The van der Waals surface area contributed by atoms with Crippen LogP contribution < -0.4 is 0 Å². The van der Waals surface area contributed by atoms with Crippen LogP contribution in [0.1, 0.15) is 47.4 Å². The molecule has 13 rings (SSSR count). The molecule has 1 atom stereocenters. The summed E-state index contributed by atoms with van der Waals surface area (Å²) in [5.74, 6) is 0.171. The van der Waals surface area contributed by atoms with Crippen molar-refractivity contribution in [1.82, 2.24) is 4.40 Å². The van der Waals surface area contributed by atoms with Gasteiger partial charge in [-0.1, -0.05) is 158 Å². The zero-order chi connectivity index (χ0) is 38.6. The first-order valence-corrected chi connectivity index (χ1v) is 21.8. The average molecular weight is 771 g/mol. The molecule has 0 saturated carbocycles. The molecule has 278 valence electrons. The molecule has 0 fully saturated rings. The van der Waals surface area contributed by atoms with Gasteiger partial charge in [0.15, 0.2) is 0 Å². The van der Waals surface area contributed by atoms with Gasteiger partial charge in [0.25, 0.3) is 0 Å². The Labute approximate surface area is 346 Å². The number of allylic oxidation sites excluding steroid dienone is 2. The molecule has 8 aromatic carbocycles. The Hall–Kier alpha value is -6.81. The fourth-order valence-corrected chi connectivity index (χ4v) is 11.9. The van der Waals surface area contributed by atoms with E-state index in [-0.39, 0.29) is 5.92 Å². The van der Waals surface area contributed by atoms with Crippen LogP contribution in [0.5, 0.6) is 0 Å². The lowest BCUT2D eigenvalue weighted by Gasteiger charge is -2.25. The summed E-state index contributed by atoms with van der Waals surface area (Å²) in [6, 6.07) is 63.2. The minimum atomic E-state index is 0.171. The molecule has 0 N–H and O–H groups in total. The second kappa shape index (κ2) is 12.8. The highest BCUT2D eigenvalue weighted by Crippen LogP contribution is 2.56. The minimum Gasteiger partial charge on any atom is -0.307 e. The van der Waals surface area contributed by atoms with Crippen LogP contribution in [0.3, 0.4) is 0 Å². The fraction of sp³-hybridized carbons (Fsp3) is 0.0893. The van der Waals surface area contributed by atoms with Crippen molar-refractivity contribution in [2.24, 2.45) is 4.99 Å². The number of aryl methyl sites for hydroxylation is 1. The van der Waals surface area contributed by atoms with Crippen molar-refractivity contribution < 1.29 is 0 Å². The lowest BCUT2D eigenvalue weighted by molar-refractivity contribution is 0.764. The van der Waals surface area contributed by atoms with Crippen molar-refractivity contribution in [1.29, 1.82) is 0 Å². The molecule has 3 aromatic heterocycles. The van der Waals surface area contributed by atoms with E-state index in [1.165, 1.54) is 109 Å². The smallest absolute Gasteiger partial charge is 0.125 e. The number of benzene rings is 8. The van der Waals surface area contributed by atoms with Crippen LogP contribution in [-0.4, -0.2) is 10.1 Å². The Kier molecular flexibility index (Phi) is 7.23. The number of nitrogens with zero attached hydrogens (tertiary/aromatic N) is 2. The van der Waals surface area contributed by atoms with Gasteiger partial charge < -0.3 is 4.40 Å². The van der Waals surface area contributed by atoms with E-state index >= 15 is 0 Å². The molecule has 1 aliphatic heterocycles. The predicted molar refractivity (Wildman–Crippen MR) is 252 cm³/mol. The normalized spacial score (nSPS) is 17.3. The summed E-state index contributed by atoms with van der Waals surface area (Å²) >= 11 is 1.85. The summed E-state index contributed by atoms with van der Waals surface area (Å²) in [4.78, 5) is 5.66. The first kappa shape index (κ1) is 33.2. The third-order valence-electron chi connectivity index (χ3n) is 13.3. The number of fused-ring (bicyclic) bond motifs is 15. The second-order valence-corrected chi connectivity index (χ2v) is 17.4. The molecule has 59 heavy (non-hydrogen) atoms. The number of rotatable bonds is 3. The summed E-state index contributed by atoms with van der Waals surface area (Å²) in [5, 5.41) is 10.4. The van der Waals surface area contributed by atoms with Crippen LogP contribution in [0.25, 0.3) is 86.8 Å². The van der Waals surface area contributed by atoms with E-state index in [1.807, 2.05) is 11.3 Å². The number of hydrogen-bond acceptors (Lipinski definition) is 2. The highest BCUT2D eigenvalue weighted by Gasteiger charge is 2.34. The Morgan fingerprint density at radius 3 is 2.17 bits per heavy atom. The van der Waals surface area contributed by atoms with Crippen LogP contribution in [0.4, 0.5) is 5.00 Å². The molecule has 2 nitrogen and oxygen atoms in total. The van der Waals surface area contributed by atoms with Crippen molar-refractivity contribution in [2.45, 2.75) is 31.6 Å². The van der Waals surface area contributed by atoms with Crippen molar-refractivity contribution >= 4 is 86.6 Å². The molecule has 4 heterocycles. The molecule has 0 saturated heterocycles. The quantitative estimate of drug-likeness (QED) is 0.170. The Bertz CT molecular complexity index is 3540. The molecule has 0 radical (unpaired) electrons. The molecular weight excluding hydrogens is 733 g/mol. The van der Waals surface area contributed by atoms with Crippen LogP contribution in [0.15, 0.2) is 181 Å². The van der Waals surface area contributed by atoms with Gasteiger partial charge in [0, 0.05) is 54.2 Å². The molecule has 2 aliphatic rings. The second-order valence-electron chi connectivity index (χ2n) is 16.4. The zero-order valence-corrected chi connectivity index (χ0v) is 33.3. The zero-order valence-electron chi connectivity index (χ0n) is 32.5. The molecular formula is C56H38N2S. The van der Waals surface area contributed by atoms with Gasteiger partial charge in [-0.15, -0.1) is 11.3 Å². The molecule has 0 spiro atoms. The molecule has 0 bridgehead atoms. The number of aromatic nitrogens is 1. The summed E-state index contributed by atoms with van der Waals surface area (Å²) in [7, 11) is 0. The van der Waals surface area contributed by atoms with E-state index < -0.39 is 0 Å². The first-order chi connectivity index (χ1) is 29.3. The van der Waals surface area contributed by atoms with E-state index in [2.05, 4.69) is 180 Å². The lowest BCUT2D eigenvalue weighted by atomic mass is 9.78. The van der Waals surface area contributed by atoms with E-state index in [0.717, 1.165) is 36.4 Å². The third kappa shape index (κ3) is 4.89. The monoisotopic (exact) mass is 770 g/mol. The number of hydrogen-bond donors (Lipinski definition) is 0. The molecule has 11 aromatic rings. The Balaban J connectivity index is 1.08. The maximum absolute atomic E-state index is 5.66. The van der Waals surface area contributed by atoms with Crippen LogP contribution >= 0.6 is 11.3 Å². The summed E-state index contributed by atoms with van der Waals surface area (Å²) < 4.78 is 3.89. The minimum absolute atomic E-state index is 0.171. The molecule has 0 unspecified atom stereocenters. The van der Waals surface area contributed by atoms with Gasteiger partial charge in [-0.3, -0.25) is 0 Å². The van der Waals surface area contributed by atoms with Crippen molar-refractivity contribution in [2.75, 3.05) is 0 Å². The van der Waals surface area contributed by atoms with E-state index in [4.69, 9.17) is 4.99 Å². The summed E-state index contributed by atoms with van der Waals surface area (Å²) in [6.07, 6.45) is 6.47. The van der Waals surface area contributed by atoms with Gasteiger partial charge in [-0.05, 0) is 93.8 Å². The van der Waals surface area contributed by atoms with E-state index in [0.29, 0.717) is 0 Å². The highest BCUT2D eigenvalue weighted by molar-refractivity contribution is 7.23. The van der Waals surface area contributed by atoms with Crippen LogP contribution in [0.2, 0.25) is 0 Å². The predicted octanol–water partition coefficient (Wildman–Crippen LogP) is 15.6. The summed E-state index contributed by atoms with van der Waals surface area (Å²) in [5.41, 5.74) is 17.2. The molecule has 0 amide bonds. The van der Waals surface area contributed by atoms with E-state index in [9.17, 15) is 0 Å². The number of para-hydroxylation sites is 1. The Morgan fingerprint density at radius 1 is 0.542 bits per heavy atom. The van der Waals surface area contributed by atoms with Gasteiger partial charge in [-0.2, -0.15) is 0 Å². The molecule has 3 heteroatoms. The topological polar surface area (TPSA) is 16.8 Å². The highest BCUT2D eigenvalue weighted by atomic mass is 32.1. The van der Waals surface area contributed by atoms with Crippen molar-refractivity contribution in [3.8, 4) is 22.3 Å². The van der Waals surface area contributed by atoms with Gasteiger partial charge >= 0.3 is 0 Å². The van der Waals surface area contributed by atoms with Crippen LogP contribution in [0, 0.1) is 0 Å². The van der Waals surface area contributed by atoms with Crippen molar-refractivity contribution in [3.63, 3.8) is 0 Å². The maximum Gasteiger partial charge on any atom is 0.125 e. The van der Waals surface area contributed by atoms with Gasteiger partial charge in [-0.25, -0.2) is 4.99 Å². The number of aliphatic imine (C=N–C) groups is 1. The summed E-state index contributed by atoms with van der Waals surface area (Å²) in [6.45, 7) is 0.